The first-order chi connectivity index (χ1) is 24.2. The van der Waals surface area contributed by atoms with Crippen LogP contribution in [0.25, 0.3) is 11.1 Å². The molecular formula is C44H46N2O3Si. The molecule has 0 heterocycles. The van der Waals surface area contributed by atoms with Crippen molar-refractivity contribution in [3.05, 3.63) is 161 Å². The number of aryl methyl sites for hydroxylation is 5. The molecule has 50 heavy (non-hydrogen) atoms. The third kappa shape index (κ3) is 7.02. The maximum atomic E-state index is 5.74. The first-order valence-corrected chi connectivity index (χ1v) is 18.7. The van der Waals surface area contributed by atoms with E-state index in [-0.39, 0.29) is 0 Å². The molecule has 6 aromatic carbocycles. The summed E-state index contributed by atoms with van der Waals surface area (Å²) in [5.74, 6) is 0. The van der Waals surface area contributed by atoms with Crippen LogP contribution in [-0.2, 0) is 13.3 Å². The molecule has 0 spiro atoms. The Bertz CT molecular complexity index is 2000. The zero-order valence-electron chi connectivity index (χ0n) is 30.3. The van der Waals surface area contributed by atoms with Crippen molar-refractivity contribution in [3.63, 3.8) is 0 Å². The molecule has 0 bridgehead atoms. The van der Waals surface area contributed by atoms with Crippen molar-refractivity contribution in [2.24, 2.45) is 0 Å². The maximum absolute atomic E-state index is 5.74. The fourth-order valence-corrected chi connectivity index (χ4v) is 8.35. The molecule has 0 amide bonds. The van der Waals surface area contributed by atoms with Crippen LogP contribution < -0.4 is 15.0 Å². The molecule has 0 saturated carbocycles. The zero-order chi connectivity index (χ0) is 35.4. The van der Waals surface area contributed by atoms with Gasteiger partial charge < -0.3 is 23.1 Å². The minimum Gasteiger partial charge on any atom is -0.373 e. The van der Waals surface area contributed by atoms with Crippen LogP contribution in [0.2, 0.25) is 0 Å². The van der Waals surface area contributed by atoms with Crippen molar-refractivity contribution in [1.82, 2.24) is 0 Å². The lowest BCUT2D eigenvalue weighted by molar-refractivity contribution is 0.140. The number of hydrogen-bond acceptors (Lipinski definition) is 5. The van der Waals surface area contributed by atoms with Gasteiger partial charge in [-0.2, -0.15) is 0 Å². The Morgan fingerprint density at radius 1 is 0.360 bits per heavy atom. The minimum atomic E-state index is -2.95. The highest BCUT2D eigenvalue weighted by molar-refractivity contribution is 6.75. The van der Waals surface area contributed by atoms with E-state index in [1.807, 2.05) is 12.1 Å². The summed E-state index contributed by atoms with van der Waals surface area (Å²) in [5, 5.41) is 0.909. The van der Waals surface area contributed by atoms with Gasteiger partial charge in [-0.1, -0.05) is 77.4 Å². The van der Waals surface area contributed by atoms with Crippen LogP contribution in [0.3, 0.4) is 0 Å². The van der Waals surface area contributed by atoms with Crippen LogP contribution in [0, 0.1) is 34.6 Å². The van der Waals surface area contributed by atoms with E-state index in [0.29, 0.717) is 0 Å². The number of nitrogens with zero attached hydrogens (tertiary/aromatic N) is 2. The smallest absolute Gasteiger partial charge is 0.373 e. The molecule has 0 aliphatic rings. The normalized spacial score (nSPS) is 11.4. The van der Waals surface area contributed by atoms with Gasteiger partial charge in [0.1, 0.15) is 0 Å². The molecule has 0 radical (unpaired) electrons. The highest BCUT2D eigenvalue weighted by Gasteiger charge is 2.40. The van der Waals surface area contributed by atoms with Gasteiger partial charge in [-0.05, 0) is 130 Å². The highest BCUT2D eigenvalue weighted by Crippen LogP contribution is 2.40. The first-order valence-electron chi connectivity index (χ1n) is 16.9. The average molecular weight is 679 g/mol. The van der Waals surface area contributed by atoms with Crippen molar-refractivity contribution in [3.8, 4) is 11.1 Å². The summed E-state index contributed by atoms with van der Waals surface area (Å²) in [4.78, 5) is 4.61. The van der Waals surface area contributed by atoms with Crippen molar-refractivity contribution in [2.75, 3.05) is 31.1 Å². The molecule has 0 atom stereocenters. The summed E-state index contributed by atoms with van der Waals surface area (Å²) < 4.78 is 17.2. The Hall–Kier alpha value is -4.98. The lowest BCUT2D eigenvalue weighted by Crippen LogP contribution is -2.54. The minimum absolute atomic E-state index is 0.909. The van der Waals surface area contributed by atoms with E-state index in [1.165, 1.54) is 38.9 Å². The van der Waals surface area contributed by atoms with Crippen LogP contribution in [0.15, 0.2) is 133 Å². The summed E-state index contributed by atoms with van der Waals surface area (Å²) in [6.45, 7) is 10.8. The van der Waals surface area contributed by atoms with E-state index in [9.17, 15) is 0 Å². The van der Waals surface area contributed by atoms with Gasteiger partial charge in [0.15, 0.2) is 0 Å². The van der Waals surface area contributed by atoms with Crippen LogP contribution in [0.1, 0.15) is 27.8 Å². The van der Waals surface area contributed by atoms with Crippen LogP contribution in [-0.4, -0.2) is 30.1 Å². The first kappa shape index (κ1) is 34.9. The van der Waals surface area contributed by atoms with Crippen molar-refractivity contribution in [1.29, 1.82) is 0 Å². The lowest BCUT2D eigenvalue weighted by Gasteiger charge is -2.28. The predicted molar refractivity (Wildman–Crippen MR) is 211 cm³/mol. The fourth-order valence-electron chi connectivity index (χ4n) is 6.57. The van der Waals surface area contributed by atoms with Gasteiger partial charge in [0.2, 0.25) is 0 Å². The van der Waals surface area contributed by atoms with Gasteiger partial charge in [-0.15, -0.1) is 0 Å². The predicted octanol–water partition coefficient (Wildman–Crippen LogP) is 10.9. The third-order valence-corrected chi connectivity index (χ3v) is 12.0. The monoisotopic (exact) mass is 678 g/mol. The Labute approximate surface area is 298 Å². The number of anilines is 6. The maximum Gasteiger partial charge on any atom is 0.536 e. The Kier molecular flexibility index (Phi) is 10.4. The van der Waals surface area contributed by atoms with Gasteiger partial charge in [0.25, 0.3) is 0 Å². The van der Waals surface area contributed by atoms with Crippen LogP contribution in [0.5, 0.6) is 0 Å². The topological polar surface area (TPSA) is 34.2 Å². The van der Waals surface area contributed by atoms with E-state index >= 15 is 0 Å². The molecule has 5 nitrogen and oxygen atoms in total. The molecule has 6 aromatic rings. The van der Waals surface area contributed by atoms with Gasteiger partial charge in [-0.25, -0.2) is 0 Å². The molecule has 0 aromatic heterocycles. The summed E-state index contributed by atoms with van der Waals surface area (Å²) in [6.07, 6.45) is 0. The molecule has 6 heteroatoms. The number of benzene rings is 6. The Morgan fingerprint density at radius 3 is 0.920 bits per heavy atom. The van der Waals surface area contributed by atoms with Gasteiger partial charge >= 0.3 is 8.80 Å². The standard InChI is InChI=1S/C44H46N2O3Si/c1-31-9-15-36(16-10-31)45(37-17-11-32(2)12-18-37)40-23-27-43(34(4)29-40)44-28-24-41(30-35(44)5)46(38-19-13-33(3)14-20-38)39-21-25-42(26-22-39)50(47-6,48-7)49-8/h9-30H,1-8H3. The fraction of sp³-hybridized carbons (Fsp3) is 0.182. The second-order valence-corrected chi connectivity index (χ2v) is 15.8. The van der Waals surface area contributed by atoms with E-state index in [0.717, 1.165) is 39.3 Å². The number of rotatable bonds is 11. The van der Waals surface area contributed by atoms with Crippen molar-refractivity contribution >= 4 is 48.1 Å². The van der Waals surface area contributed by atoms with E-state index in [2.05, 4.69) is 166 Å². The molecule has 0 N–H and O–H groups in total. The second kappa shape index (κ2) is 14.9. The summed E-state index contributed by atoms with van der Waals surface area (Å²) in [5.41, 5.74) is 15.1. The largest absolute Gasteiger partial charge is 0.536 e. The van der Waals surface area contributed by atoms with Gasteiger partial charge in [0.05, 0.1) is 0 Å². The van der Waals surface area contributed by atoms with Crippen LogP contribution >= 0.6 is 0 Å². The van der Waals surface area contributed by atoms with Crippen LogP contribution in [0.4, 0.5) is 34.1 Å². The Morgan fingerprint density at radius 2 is 0.640 bits per heavy atom. The summed E-state index contributed by atoms with van der Waals surface area (Å²) >= 11 is 0. The lowest BCUT2D eigenvalue weighted by atomic mass is 9.95. The summed E-state index contributed by atoms with van der Waals surface area (Å²) in [6, 6.07) is 47.9. The van der Waals surface area contributed by atoms with E-state index < -0.39 is 8.80 Å². The van der Waals surface area contributed by atoms with E-state index in [1.54, 1.807) is 21.3 Å². The van der Waals surface area contributed by atoms with Gasteiger partial charge in [-0.3, -0.25) is 0 Å². The molecule has 0 aliphatic carbocycles. The van der Waals surface area contributed by atoms with Gasteiger partial charge in [0, 0.05) is 60.6 Å². The van der Waals surface area contributed by atoms with E-state index in [4.69, 9.17) is 13.3 Å². The molecule has 0 saturated heterocycles. The molecule has 6 rings (SSSR count). The zero-order valence-corrected chi connectivity index (χ0v) is 31.3. The SMILES string of the molecule is CO[Si](OC)(OC)c1ccc(N(c2ccc(C)cc2)c2ccc(-c3ccc(N(c4ccc(C)cc4)c4ccc(C)cc4)cc3C)c(C)c2)cc1. The third-order valence-electron chi connectivity index (χ3n) is 9.39. The molecular weight excluding hydrogens is 633 g/mol. The molecule has 0 aliphatic heterocycles. The average Bonchev–Trinajstić information content (AvgIpc) is 3.13. The van der Waals surface area contributed by atoms with Crippen molar-refractivity contribution in [2.45, 2.75) is 34.6 Å². The second-order valence-electron chi connectivity index (χ2n) is 12.9. The molecule has 0 fully saturated rings. The molecule has 0 unspecified atom stereocenters. The summed E-state index contributed by atoms with van der Waals surface area (Å²) in [7, 11) is 1.95. The highest BCUT2D eigenvalue weighted by atomic mass is 28.4. The molecule has 254 valence electrons. The Balaban J connectivity index is 1.37. The van der Waals surface area contributed by atoms with Crippen molar-refractivity contribution < 1.29 is 13.3 Å². The quantitative estimate of drug-likeness (QED) is 0.127. The number of hydrogen-bond donors (Lipinski definition) is 0.